The lowest BCUT2D eigenvalue weighted by molar-refractivity contribution is 0.0605. The van der Waals surface area contributed by atoms with Gasteiger partial charge in [-0.05, 0) is 79.8 Å². The molecule has 0 heterocycles. The third kappa shape index (κ3) is 6.25. The van der Waals surface area contributed by atoms with Crippen molar-refractivity contribution in [2.45, 2.75) is 44.3 Å². The van der Waals surface area contributed by atoms with E-state index in [0.717, 1.165) is 18.2 Å². The number of benzene rings is 3. The second-order valence-corrected chi connectivity index (χ2v) is 9.34. The van der Waals surface area contributed by atoms with Gasteiger partial charge in [0.05, 0.1) is 0 Å². The van der Waals surface area contributed by atoms with Gasteiger partial charge in [0.25, 0.3) is 11.8 Å². The SMILES string of the molecule is NC1CCC(N(Cc2cc(NC(=O)c3cccc(F)c3)ccc2Cl)C(=O)c2cc(F)cc(F)c2)CC1. The zero-order chi connectivity index (χ0) is 25.8. The summed E-state index contributed by atoms with van der Waals surface area (Å²) < 4.78 is 41.2. The van der Waals surface area contributed by atoms with Crippen LogP contribution in [0.25, 0.3) is 0 Å². The molecule has 1 saturated carbocycles. The maximum absolute atomic E-state index is 13.9. The monoisotopic (exact) mass is 515 g/mol. The van der Waals surface area contributed by atoms with Crippen molar-refractivity contribution in [2.75, 3.05) is 5.32 Å². The largest absolute Gasteiger partial charge is 0.331 e. The Labute approximate surface area is 212 Å². The summed E-state index contributed by atoms with van der Waals surface area (Å²) in [6.07, 6.45) is 2.70. The van der Waals surface area contributed by atoms with Crippen molar-refractivity contribution in [1.29, 1.82) is 0 Å². The van der Waals surface area contributed by atoms with Crippen LogP contribution in [0.15, 0.2) is 60.7 Å². The molecule has 3 aromatic carbocycles. The Bertz CT molecular complexity index is 1260. The number of nitrogens with one attached hydrogen (secondary N) is 1. The second-order valence-electron chi connectivity index (χ2n) is 8.93. The highest BCUT2D eigenvalue weighted by Gasteiger charge is 2.29. The van der Waals surface area contributed by atoms with E-state index in [4.69, 9.17) is 17.3 Å². The first-order valence-corrected chi connectivity index (χ1v) is 12.0. The molecule has 5 nitrogen and oxygen atoms in total. The van der Waals surface area contributed by atoms with Crippen molar-refractivity contribution in [1.82, 2.24) is 4.90 Å². The smallest absolute Gasteiger partial charge is 0.255 e. The van der Waals surface area contributed by atoms with Crippen LogP contribution in [-0.4, -0.2) is 28.8 Å². The molecule has 0 atom stereocenters. The Balaban J connectivity index is 1.61. The van der Waals surface area contributed by atoms with Crippen LogP contribution in [0.2, 0.25) is 5.02 Å². The zero-order valence-corrected chi connectivity index (χ0v) is 20.1. The summed E-state index contributed by atoms with van der Waals surface area (Å²) >= 11 is 6.44. The fourth-order valence-corrected chi connectivity index (χ4v) is 4.59. The van der Waals surface area contributed by atoms with Crippen LogP contribution in [0.4, 0.5) is 18.9 Å². The Hall–Kier alpha value is -3.36. The van der Waals surface area contributed by atoms with E-state index in [0.29, 0.717) is 48.0 Å². The predicted octanol–water partition coefficient (Wildman–Crippen LogP) is 5.92. The van der Waals surface area contributed by atoms with Gasteiger partial charge in [0, 0.05) is 46.5 Å². The van der Waals surface area contributed by atoms with E-state index < -0.39 is 29.3 Å². The molecule has 0 aromatic heterocycles. The number of carbonyl (C=O) groups is 2. The second kappa shape index (κ2) is 11.1. The summed E-state index contributed by atoms with van der Waals surface area (Å²) in [5, 5.41) is 3.06. The average molecular weight is 516 g/mol. The van der Waals surface area contributed by atoms with Gasteiger partial charge in [-0.3, -0.25) is 9.59 Å². The van der Waals surface area contributed by atoms with Crippen LogP contribution in [0.1, 0.15) is 52.0 Å². The molecule has 0 saturated heterocycles. The first-order chi connectivity index (χ1) is 17.2. The zero-order valence-electron chi connectivity index (χ0n) is 19.3. The number of hydrogen-bond acceptors (Lipinski definition) is 3. The molecule has 188 valence electrons. The molecule has 0 unspecified atom stereocenters. The number of carbonyl (C=O) groups excluding carboxylic acids is 2. The van der Waals surface area contributed by atoms with Crippen molar-refractivity contribution >= 4 is 29.1 Å². The number of amides is 2. The average Bonchev–Trinajstić information content (AvgIpc) is 2.84. The molecule has 1 aliphatic rings. The summed E-state index contributed by atoms with van der Waals surface area (Å²) in [5.74, 6) is -3.26. The number of rotatable bonds is 6. The van der Waals surface area contributed by atoms with Crippen LogP contribution < -0.4 is 11.1 Å². The summed E-state index contributed by atoms with van der Waals surface area (Å²) in [6.45, 7) is 0.0549. The first-order valence-electron chi connectivity index (χ1n) is 11.6. The minimum absolute atomic E-state index is 0.0368. The Kier molecular flexibility index (Phi) is 7.96. The summed E-state index contributed by atoms with van der Waals surface area (Å²) in [5.41, 5.74) is 7.02. The number of nitrogens with two attached hydrogens (primary N) is 1. The fourth-order valence-electron chi connectivity index (χ4n) is 4.41. The normalized spacial score (nSPS) is 17.5. The third-order valence-electron chi connectivity index (χ3n) is 6.28. The standard InChI is InChI=1S/C27H25ClF3N3O2/c28-25-9-6-23(33-26(35)16-2-1-3-19(29)10-16)13-18(25)15-34(24-7-4-22(32)5-8-24)27(36)17-11-20(30)14-21(31)12-17/h1-3,6,9-14,22,24H,4-5,7-8,15,32H2,(H,33,35). The molecule has 2 amide bonds. The molecule has 3 N–H and O–H groups in total. The lowest BCUT2D eigenvalue weighted by Crippen LogP contribution is -2.44. The lowest BCUT2D eigenvalue weighted by atomic mass is 9.90. The highest BCUT2D eigenvalue weighted by Crippen LogP contribution is 2.29. The molecule has 0 aliphatic heterocycles. The highest BCUT2D eigenvalue weighted by atomic mass is 35.5. The van der Waals surface area contributed by atoms with E-state index in [9.17, 15) is 22.8 Å². The Morgan fingerprint density at radius 2 is 1.56 bits per heavy atom. The number of hydrogen-bond donors (Lipinski definition) is 2. The fraction of sp³-hybridized carbons (Fsp3) is 0.259. The minimum Gasteiger partial charge on any atom is -0.331 e. The van der Waals surface area contributed by atoms with Gasteiger partial charge in [0.1, 0.15) is 17.5 Å². The van der Waals surface area contributed by atoms with Gasteiger partial charge < -0.3 is 16.0 Å². The van der Waals surface area contributed by atoms with E-state index in [1.807, 2.05) is 0 Å². The van der Waals surface area contributed by atoms with Gasteiger partial charge >= 0.3 is 0 Å². The van der Waals surface area contributed by atoms with Crippen LogP contribution in [-0.2, 0) is 6.54 Å². The third-order valence-corrected chi connectivity index (χ3v) is 6.65. The van der Waals surface area contributed by atoms with Gasteiger partial charge in [0.2, 0.25) is 0 Å². The number of anilines is 1. The molecule has 0 radical (unpaired) electrons. The van der Waals surface area contributed by atoms with Crippen molar-refractivity contribution in [3.8, 4) is 0 Å². The number of nitrogens with zero attached hydrogens (tertiary/aromatic N) is 1. The molecule has 4 rings (SSSR count). The summed E-state index contributed by atoms with van der Waals surface area (Å²) in [6, 6.07) is 12.6. The molecule has 36 heavy (non-hydrogen) atoms. The van der Waals surface area contributed by atoms with Gasteiger partial charge in [-0.15, -0.1) is 0 Å². The molecule has 3 aromatic rings. The van der Waals surface area contributed by atoms with Crippen LogP contribution in [0.5, 0.6) is 0 Å². The van der Waals surface area contributed by atoms with Gasteiger partial charge in [-0.25, -0.2) is 13.2 Å². The van der Waals surface area contributed by atoms with Gasteiger partial charge in [-0.2, -0.15) is 0 Å². The molecule has 0 spiro atoms. The molecular weight excluding hydrogens is 491 g/mol. The van der Waals surface area contributed by atoms with Gasteiger partial charge in [-0.1, -0.05) is 17.7 Å². The van der Waals surface area contributed by atoms with Crippen molar-refractivity contribution in [3.63, 3.8) is 0 Å². The maximum atomic E-state index is 13.9. The molecule has 1 fully saturated rings. The maximum Gasteiger partial charge on any atom is 0.255 e. The van der Waals surface area contributed by atoms with E-state index in [2.05, 4.69) is 5.32 Å². The first kappa shape index (κ1) is 25.7. The summed E-state index contributed by atoms with van der Waals surface area (Å²) in [7, 11) is 0. The minimum atomic E-state index is -0.843. The Morgan fingerprint density at radius 3 is 2.22 bits per heavy atom. The Morgan fingerprint density at radius 1 is 0.889 bits per heavy atom. The van der Waals surface area contributed by atoms with E-state index in [1.54, 1.807) is 23.1 Å². The van der Waals surface area contributed by atoms with Crippen LogP contribution in [0, 0.1) is 17.5 Å². The summed E-state index contributed by atoms with van der Waals surface area (Å²) in [4.78, 5) is 27.6. The molecule has 9 heteroatoms. The van der Waals surface area contributed by atoms with E-state index in [1.165, 1.54) is 18.2 Å². The van der Waals surface area contributed by atoms with Crippen molar-refractivity contribution < 1.29 is 22.8 Å². The van der Waals surface area contributed by atoms with Gasteiger partial charge in [0.15, 0.2) is 0 Å². The van der Waals surface area contributed by atoms with E-state index in [-0.39, 0.29) is 29.8 Å². The molecule has 1 aliphatic carbocycles. The van der Waals surface area contributed by atoms with E-state index >= 15 is 0 Å². The quantitative estimate of drug-likeness (QED) is 0.428. The highest BCUT2D eigenvalue weighted by molar-refractivity contribution is 6.31. The lowest BCUT2D eigenvalue weighted by Gasteiger charge is -2.36. The topological polar surface area (TPSA) is 75.4 Å². The van der Waals surface area contributed by atoms with Crippen LogP contribution in [0.3, 0.4) is 0 Å². The number of halogens is 4. The van der Waals surface area contributed by atoms with Crippen molar-refractivity contribution in [2.24, 2.45) is 5.73 Å². The van der Waals surface area contributed by atoms with Crippen molar-refractivity contribution in [3.05, 3.63) is 99.8 Å². The predicted molar refractivity (Wildman–Crippen MR) is 132 cm³/mol. The van der Waals surface area contributed by atoms with Crippen LogP contribution >= 0.6 is 11.6 Å². The molecule has 0 bridgehead atoms. The molecular formula is C27H25ClF3N3O2.